The van der Waals surface area contributed by atoms with Gasteiger partial charge in [-0.3, -0.25) is 9.69 Å². The van der Waals surface area contributed by atoms with Crippen LogP contribution in [0.1, 0.15) is 26.2 Å². The summed E-state index contributed by atoms with van der Waals surface area (Å²) in [5.41, 5.74) is 5.58. The van der Waals surface area contributed by atoms with Crippen LogP contribution in [0.3, 0.4) is 0 Å². The quantitative estimate of drug-likeness (QED) is 0.753. The number of hydrogen-bond acceptors (Lipinski definition) is 3. The summed E-state index contributed by atoms with van der Waals surface area (Å²) in [4.78, 5) is 13.9. The van der Waals surface area contributed by atoms with Crippen LogP contribution in [0.5, 0.6) is 0 Å². The van der Waals surface area contributed by atoms with Crippen LogP contribution in [0.2, 0.25) is 0 Å². The number of carbonyl (C=O) groups is 1. The Morgan fingerprint density at radius 2 is 2.06 bits per heavy atom. The van der Waals surface area contributed by atoms with E-state index in [1.165, 1.54) is 0 Å². The fourth-order valence-electron chi connectivity index (χ4n) is 2.02. The summed E-state index contributed by atoms with van der Waals surface area (Å²) in [5, 5.41) is 3.04. The Bertz CT molecular complexity index is 241. The van der Waals surface area contributed by atoms with Gasteiger partial charge in [0.15, 0.2) is 0 Å². The first kappa shape index (κ1) is 20.0. The molecule has 0 aromatic heterocycles. The monoisotopic (exact) mass is 297 g/mol. The highest BCUT2D eigenvalue weighted by molar-refractivity contribution is 5.85. The highest BCUT2D eigenvalue weighted by Crippen LogP contribution is 2.10. The Kier molecular flexibility index (Phi) is 11.8. The van der Waals surface area contributed by atoms with Crippen molar-refractivity contribution in [2.24, 2.45) is 5.73 Å². The third kappa shape index (κ3) is 7.93. The average Bonchev–Trinajstić information content (AvgIpc) is 2.20. The van der Waals surface area contributed by atoms with Crippen molar-refractivity contribution in [3.63, 3.8) is 0 Å². The maximum absolute atomic E-state index is 11.5. The molecule has 0 saturated carbocycles. The van der Waals surface area contributed by atoms with Crippen molar-refractivity contribution in [1.29, 1.82) is 0 Å². The van der Waals surface area contributed by atoms with Gasteiger partial charge >= 0.3 is 0 Å². The van der Waals surface area contributed by atoms with Gasteiger partial charge in [0, 0.05) is 38.1 Å². The molecule has 1 aliphatic rings. The molecular formula is C12H25Cl2N3O. The van der Waals surface area contributed by atoms with Crippen LogP contribution in [0, 0.1) is 0 Å². The number of piperidine rings is 1. The summed E-state index contributed by atoms with van der Waals surface area (Å²) in [7, 11) is 0. The minimum Gasteiger partial charge on any atom is -0.353 e. The third-order valence-corrected chi connectivity index (χ3v) is 2.85. The summed E-state index contributed by atoms with van der Waals surface area (Å²) in [5.74, 6) is 0.0807. The molecular weight excluding hydrogens is 273 g/mol. The maximum atomic E-state index is 11.5. The van der Waals surface area contributed by atoms with Crippen LogP contribution in [0.25, 0.3) is 0 Å². The molecule has 1 unspecified atom stereocenters. The van der Waals surface area contributed by atoms with E-state index in [-0.39, 0.29) is 36.8 Å². The lowest BCUT2D eigenvalue weighted by Gasteiger charge is -2.31. The van der Waals surface area contributed by atoms with Crippen molar-refractivity contribution in [3.05, 3.63) is 12.7 Å². The molecule has 1 heterocycles. The number of nitrogens with two attached hydrogens (primary N) is 1. The van der Waals surface area contributed by atoms with Crippen LogP contribution in [0.15, 0.2) is 12.7 Å². The Balaban J connectivity index is 0. The number of rotatable bonds is 5. The molecule has 0 aromatic rings. The van der Waals surface area contributed by atoms with Crippen LogP contribution < -0.4 is 11.1 Å². The van der Waals surface area contributed by atoms with E-state index in [4.69, 9.17) is 5.73 Å². The second-order valence-corrected chi connectivity index (χ2v) is 4.61. The van der Waals surface area contributed by atoms with E-state index < -0.39 is 0 Å². The van der Waals surface area contributed by atoms with Gasteiger partial charge in [0.2, 0.25) is 5.91 Å². The number of likely N-dealkylation sites (tertiary alicyclic amines) is 1. The van der Waals surface area contributed by atoms with Crippen LogP contribution in [-0.2, 0) is 4.79 Å². The van der Waals surface area contributed by atoms with Crippen molar-refractivity contribution < 1.29 is 4.79 Å². The second kappa shape index (κ2) is 10.6. The lowest BCUT2D eigenvalue weighted by molar-refractivity contribution is -0.122. The molecule has 0 aliphatic carbocycles. The first-order valence-corrected chi connectivity index (χ1v) is 6.00. The van der Waals surface area contributed by atoms with Crippen LogP contribution in [0.4, 0.5) is 0 Å². The van der Waals surface area contributed by atoms with Crippen molar-refractivity contribution >= 4 is 30.7 Å². The Hall–Kier alpha value is -0.290. The molecule has 3 N–H and O–H groups in total. The van der Waals surface area contributed by atoms with Gasteiger partial charge in [0.25, 0.3) is 0 Å². The topological polar surface area (TPSA) is 58.4 Å². The lowest BCUT2D eigenvalue weighted by Crippen LogP contribution is -2.45. The largest absolute Gasteiger partial charge is 0.353 e. The minimum absolute atomic E-state index is 0. The molecule has 4 nitrogen and oxygen atoms in total. The Labute approximate surface area is 122 Å². The van der Waals surface area contributed by atoms with Crippen LogP contribution in [-0.4, -0.2) is 42.5 Å². The molecule has 0 radical (unpaired) electrons. The summed E-state index contributed by atoms with van der Waals surface area (Å²) in [6.45, 7) is 8.60. The van der Waals surface area contributed by atoms with Gasteiger partial charge in [0.1, 0.15) is 0 Å². The van der Waals surface area contributed by atoms with E-state index in [1.54, 1.807) is 0 Å². The predicted molar refractivity (Wildman–Crippen MR) is 80.6 cm³/mol. The highest BCUT2D eigenvalue weighted by Gasteiger charge is 2.19. The van der Waals surface area contributed by atoms with E-state index in [2.05, 4.69) is 16.8 Å². The Morgan fingerprint density at radius 3 is 2.50 bits per heavy atom. The number of nitrogens with one attached hydrogen (secondary N) is 1. The first-order valence-electron chi connectivity index (χ1n) is 6.00. The summed E-state index contributed by atoms with van der Waals surface area (Å²) in [6.07, 6.45) is 4.40. The molecule has 1 atom stereocenters. The smallest absolute Gasteiger partial charge is 0.221 e. The van der Waals surface area contributed by atoms with Crippen molar-refractivity contribution in [1.82, 2.24) is 10.2 Å². The molecule has 1 aliphatic heterocycles. The highest BCUT2D eigenvalue weighted by atomic mass is 35.5. The molecule has 1 saturated heterocycles. The van der Waals surface area contributed by atoms with E-state index >= 15 is 0 Å². The van der Waals surface area contributed by atoms with Gasteiger partial charge < -0.3 is 11.1 Å². The van der Waals surface area contributed by atoms with E-state index in [0.29, 0.717) is 12.5 Å². The van der Waals surface area contributed by atoms with Crippen molar-refractivity contribution in [2.75, 3.05) is 19.6 Å². The van der Waals surface area contributed by atoms with Gasteiger partial charge in [0.05, 0.1) is 0 Å². The standard InChI is InChI=1S/C12H23N3O.2ClH/c1-3-6-15-7-4-11(5-8-15)14-12(16)9-10(2)13;;/h3,10-11H,1,4-9,13H2,2H3,(H,14,16);2*1H. The zero-order valence-electron chi connectivity index (χ0n) is 10.9. The summed E-state index contributed by atoms with van der Waals surface area (Å²) in [6, 6.07) is 0.271. The first-order chi connectivity index (χ1) is 7.61. The number of hydrogen-bond donors (Lipinski definition) is 2. The van der Waals surface area contributed by atoms with Gasteiger partial charge in [-0.05, 0) is 19.8 Å². The number of carbonyl (C=O) groups excluding carboxylic acids is 1. The predicted octanol–water partition coefficient (Wildman–Crippen LogP) is 1.33. The molecule has 18 heavy (non-hydrogen) atoms. The lowest BCUT2D eigenvalue weighted by atomic mass is 10.0. The molecule has 1 amide bonds. The van der Waals surface area contributed by atoms with Gasteiger partial charge in [-0.25, -0.2) is 0 Å². The van der Waals surface area contributed by atoms with E-state index in [9.17, 15) is 4.79 Å². The van der Waals surface area contributed by atoms with Gasteiger partial charge in [-0.15, -0.1) is 31.4 Å². The van der Waals surface area contributed by atoms with Crippen LogP contribution >= 0.6 is 24.8 Å². The minimum atomic E-state index is -0.0548. The molecule has 0 aromatic carbocycles. The zero-order chi connectivity index (χ0) is 12.0. The molecule has 1 fully saturated rings. The molecule has 108 valence electrons. The zero-order valence-corrected chi connectivity index (χ0v) is 12.6. The Morgan fingerprint density at radius 1 is 1.50 bits per heavy atom. The molecule has 0 bridgehead atoms. The fraction of sp³-hybridized carbons (Fsp3) is 0.750. The SMILES string of the molecule is C=CCN1CCC(NC(=O)CC(C)N)CC1.Cl.Cl. The maximum Gasteiger partial charge on any atom is 0.221 e. The normalized spacial score (nSPS) is 18.1. The van der Waals surface area contributed by atoms with E-state index in [0.717, 1.165) is 32.5 Å². The van der Waals surface area contributed by atoms with Gasteiger partial charge in [-0.2, -0.15) is 0 Å². The van der Waals surface area contributed by atoms with Crippen molar-refractivity contribution in [3.8, 4) is 0 Å². The number of halogens is 2. The average molecular weight is 298 g/mol. The third-order valence-electron chi connectivity index (χ3n) is 2.85. The fourth-order valence-corrected chi connectivity index (χ4v) is 2.02. The van der Waals surface area contributed by atoms with Crippen molar-refractivity contribution in [2.45, 2.75) is 38.3 Å². The number of amides is 1. The van der Waals surface area contributed by atoms with Gasteiger partial charge in [-0.1, -0.05) is 6.08 Å². The van der Waals surface area contributed by atoms with E-state index in [1.807, 2.05) is 13.0 Å². The molecule has 0 spiro atoms. The summed E-state index contributed by atoms with van der Waals surface area (Å²) >= 11 is 0. The number of nitrogens with zero attached hydrogens (tertiary/aromatic N) is 1. The summed E-state index contributed by atoms with van der Waals surface area (Å²) < 4.78 is 0. The molecule has 6 heteroatoms. The molecule has 1 rings (SSSR count). The second-order valence-electron chi connectivity index (χ2n) is 4.61.